The molecule has 2 N–H and O–H groups in total. The van der Waals surface area contributed by atoms with Crippen molar-refractivity contribution in [3.8, 4) is 16.9 Å². The number of carbonyl (C=O) groups is 1. The summed E-state index contributed by atoms with van der Waals surface area (Å²) >= 11 is 0. The molecule has 5 heteroatoms. The number of carbonyl (C=O) groups excluding carboxylic acids is 1. The van der Waals surface area contributed by atoms with E-state index in [0.717, 1.165) is 37.2 Å². The number of likely N-dealkylation sites (tertiary alicyclic amines) is 1. The van der Waals surface area contributed by atoms with Gasteiger partial charge in [0.2, 0.25) is 0 Å². The molecule has 0 saturated carbocycles. The van der Waals surface area contributed by atoms with Gasteiger partial charge in [0, 0.05) is 19.1 Å². The Hall–Kier alpha value is -2.04. The second-order valence-electron chi connectivity index (χ2n) is 7.17. The summed E-state index contributed by atoms with van der Waals surface area (Å²) in [5.41, 5.74) is 8.28. The third-order valence-electron chi connectivity index (χ3n) is 5.22. The van der Waals surface area contributed by atoms with Gasteiger partial charge in [-0.2, -0.15) is 0 Å². The van der Waals surface area contributed by atoms with Gasteiger partial charge in [0.05, 0.1) is 0 Å². The molecule has 2 aromatic carbocycles. The molecule has 0 spiro atoms. The molecule has 3 rings (SSSR count). The molecule has 4 nitrogen and oxygen atoms in total. The molecule has 1 aliphatic rings. The van der Waals surface area contributed by atoms with Gasteiger partial charge in [0.15, 0.2) is 6.10 Å². The predicted molar refractivity (Wildman–Crippen MR) is 112 cm³/mol. The van der Waals surface area contributed by atoms with Crippen LogP contribution in [0.4, 0.5) is 0 Å². The van der Waals surface area contributed by atoms with E-state index in [-0.39, 0.29) is 24.4 Å². The Labute approximate surface area is 168 Å². The molecule has 2 aromatic rings. The fourth-order valence-electron chi connectivity index (χ4n) is 3.51. The summed E-state index contributed by atoms with van der Waals surface area (Å²) in [7, 11) is 0. The first kappa shape index (κ1) is 21.3. The van der Waals surface area contributed by atoms with Crippen LogP contribution in [0.1, 0.15) is 26.7 Å². The summed E-state index contributed by atoms with van der Waals surface area (Å²) in [5, 5.41) is 0. The minimum Gasteiger partial charge on any atom is -0.481 e. The van der Waals surface area contributed by atoms with Crippen molar-refractivity contribution in [3.05, 3.63) is 54.6 Å². The second kappa shape index (κ2) is 9.77. The van der Waals surface area contributed by atoms with Gasteiger partial charge >= 0.3 is 0 Å². The number of hydrogen-bond acceptors (Lipinski definition) is 3. The summed E-state index contributed by atoms with van der Waals surface area (Å²) in [6, 6.07) is 18.3. The minimum atomic E-state index is -0.482. The van der Waals surface area contributed by atoms with Crippen LogP contribution in [0.15, 0.2) is 54.6 Å². The normalized spacial score (nSPS) is 16.9. The van der Waals surface area contributed by atoms with Gasteiger partial charge in [-0.25, -0.2) is 0 Å². The van der Waals surface area contributed by atoms with Crippen molar-refractivity contribution < 1.29 is 9.53 Å². The van der Waals surface area contributed by atoms with E-state index in [1.807, 2.05) is 61.2 Å². The maximum absolute atomic E-state index is 12.6. The Morgan fingerprint density at radius 3 is 2.11 bits per heavy atom. The lowest BCUT2D eigenvalue weighted by Crippen LogP contribution is -2.46. The molecule has 27 heavy (non-hydrogen) atoms. The van der Waals surface area contributed by atoms with Crippen molar-refractivity contribution in [2.75, 3.05) is 13.1 Å². The van der Waals surface area contributed by atoms with Crippen molar-refractivity contribution in [2.45, 2.75) is 38.8 Å². The Morgan fingerprint density at radius 1 is 1.00 bits per heavy atom. The van der Waals surface area contributed by atoms with Gasteiger partial charge in [-0.05, 0) is 55.9 Å². The molecule has 146 valence electrons. The smallest absolute Gasteiger partial charge is 0.263 e. The highest BCUT2D eigenvalue weighted by atomic mass is 35.5. The van der Waals surface area contributed by atoms with E-state index in [1.165, 1.54) is 5.56 Å². The van der Waals surface area contributed by atoms with E-state index in [1.54, 1.807) is 0 Å². The Balaban J connectivity index is 0.00000261. The maximum Gasteiger partial charge on any atom is 0.263 e. The molecule has 2 atom stereocenters. The van der Waals surface area contributed by atoms with Crippen molar-refractivity contribution in [1.29, 1.82) is 0 Å². The summed E-state index contributed by atoms with van der Waals surface area (Å²) < 4.78 is 5.88. The van der Waals surface area contributed by atoms with Crippen LogP contribution in [0.2, 0.25) is 0 Å². The third-order valence-corrected chi connectivity index (χ3v) is 5.22. The zero-order chi connectivity index (χ0) is 18.5. The lowest BCUT2D eigenvalue weighted by atomic mass is 9.91. The molecule has 1 aliphatic heterocycles. The van der Waals surface area contributed by atoms with Gasteiger partial charge in [-0.15, -0.1) is 12.4 Å². The number of nitrogens with two attached hydrogens (primary N) is 1. The van der Waals surface area contributed by atoms with Crippen molar-refractivity contribution in [3.63, 3.8) is 0 Å². The Morgan fingerprint density at radius 2 is 1.56 bits per heavy atom. The highest BCUT2D eigenvalue weighted by molar-refractivity contribution is 5.85. The lowest BCUT2D eigenvalue weighted by molar-refractivity contribution is -0.139. The summed E-state index contributed by atoms with van der Waals surface area (Å²) in [6.45, 7) is 5.41. The molecule has 0 radical (unpaired) electrons. The average molecular weight is 389 g/mol. The van der Waals surface area contributed by atoms with Crippen LogP contribution < -0.4 is 10.5 Å². The summed E-state index contributed by atoms with van der Waals surface area (Å²) in [6.07, 6.45) is 1.47. The van der Waals surface area contributed by atoms with Crippen LogP contribution in [0.25, 0.3) is 11.1 Å². The Bertz CT molecular complexity index is 711. The molecule has 0 aromatic heterocycles. The Kier molecular flexibility index (Phi) is 7.69. The fraction of sp³-hybridized carbons (Fsp3) is 0.409. The first-order valence-corrected chi connectivity index (χ1v) is 9.41. The van der Waals surface area contributed by atoms with Crippen LogP contribution in [0.3, 0.4) is 0 Å². The van der Waals surface area contributed by atoms with Crippen molar-refractivity contribution in [1.82, 2.24) is 4.90 Å². The standard InChI is InChI=1S/C22H28N2O2.ClH/c1-16(23)18-12-14-24(15-13-18)22(25)17(2)26-21-10-8-20(9-11-21)19-6-4-3-5-7-19;/h3-11,16-18H,12-15,23H2,1-2H3;1H. The van der Waals surface area contributed by atoms with Gasteiger partial charge < -0.3 is 15.4 Å². The van der Waals surface area contributed by atoms with Crippen molar-refractivity contribution >= 4 is 18.3 Å². The third kappa shape index (κ3) is 5.47. The molecule has 1 amide bonds. The lowest BCUT2D eigenvalue weighted by Gasteiger charge is -2.35. The van der Waals surface area contributed by atoms with Crippen LogP contribution in [0, 0.1) is 5.92 Å². The monoisotopic (exact) mass is 388 g/mol. The first-order valence-electron chi connectivity index (χ1n) is 9.41. The number of amides is 1. The number of hydrogen-bond donors (Lipinski definition) is 1. The van der Waals surface area contributed by atoms with Crippen LogP contribution in [-0.4, -0.2) is 36.0 Å². The quantitative estimate of drug-likeness (QED) is 0.837. The number of rotatable bonds is 5. The van der Waals surface area contributed by atoms with Crippen LogP contribution in [-0.2, 0) is 4.79 Å². The van der Waals surface area contributed by atoms with Gasteiger partial charge in [0.25, 0.3) is 5.91 Å². The molecule has 0 aliphatic carbocycles. The van der Waals surface area contributed by atoms with E-state index >= 15 is 0 Å². The molecular weight excluding hydrogens is 360 g/mol. The van der Waals surface area contributed by atoms with Crippen molar-refractivity contribution in [2.24, 2.45) is 11.7 Å². The molecular formula is C22H29ClN2O2. The number of benzene rings is 2. The predicted octanol–water partition coefficient (Wildman–Crippen LogP) is 4.13. The number of halogens is 1. The summed E-state index contributed by atoms with van der Waals surface area (Å²) in [5.74, 6) is 1.29. The molecule has 1 fully saturated rings. The van der Waals surface area contributed by atoms with Crippen LogP contribution >= 0.6 is 12.4 Å². The SMILES string of the molecule is CC(Oc1ccc(-c2ccccc2)cc1)C(=O)N1CCC(C(C)N)CC1.Cl. The van der Waals surface area contributed by atoms with E-state index in [9.17, 15) is 4.79 Å². The van der Waals surface area contributed by atoms with E-state index in [4.69, 9.17) is 10.5 Å². The molecule has 1 saturated heterocycles. The highest BCUT2D eigenvalue weighted by Crippen LogP contribution is 2.24. The number of piperidine rings is 1. The summed E-state index contributed by atoms with van der Waals surface area (Å²) in [4.78, 5) is 14.5. The first-order chi connectivity index (χ1) is 12.5. The van der Waals surface area contributed by atoms with Gasteiger partial charge in [0.1, 0.15) is 5.75 Å². The van der Waals surface area contributed by atoms with Gasteiger partial charge in [-0.1, -0.05) is 42.5 Å². The fourth-order valence-corrected chi connectivity index (χ4v) is 3.51. The average Bonchev–Trinajstić information content (AvgIpc) is 2.68. The molecule has 0 bridgehead atoms. The van der Waals surface area contributed by atoms with E-state index in [2.05, 4.69) is 12.1 Å². The second-order valence-corrected chi connectivity index (χ2v) is 7.17. The number of nitrogens with zero attached hydrogens (tertiary/aromatic N) is 1. The largest absolute Gasteiger partial charge is 0.481 e. The minimum absolute atomic E-state index is 0. The molecule has 2 unspecified atom stereocenters. The maximum atomic E-state index is 12.6. The van der Waals surface area contributed by atoms with E-state index in [0.29, 0.717) is 5.92 Å². The topological polar surface area (TPSA) is 55.6 Å². The highest BCUT2D eigenvalue weighted by Gasteiger charge is 2.28. The van der Waals surface area contributed by atoms with Gasteiger partial charge in [-0.3, -0.25) is 4.79 Å². The van der Waals surface area contributed by atoms with E-state index < -0.39 is 6.10 Å². The zero-order valence-corrected chi connectivity index (χ0v) is 16.8. The zero-order valence-electron chi connectivity index (χ0n) is 16.0. The van der Waals surface area contributed by atoms with Crippen LogP contribution in [0.5, 0.6) is 5.75 Å². The molecule has 1 heterocycles. The number of ether oxygens (including phenoxy) is 1.